The van der Waals surface area contributed by atoms with Crippen molar-refractivity contribution in [1.29, 1.82) is 0 Å². The van der Waals surface area contributed by atoms with Gasteiger partial charge in [0, 0.05) is 6.42 Å². The molecule has 51 heavy (non-hydrogen) atoms. The molecule has 292 valence electrons. The van der Waals surface area contributed by atoms with E-state index >= 15 is 0 Å². The summed E-state index contributed by atoms with van der Waals surface area (Å²) in [6.07, 6.45) is 18.4. The van der Waals surface area contributed by atoms with Crippen molar-refractivity contribution in [2.75, 3.05) is 6.61 Å². The molecule has 1 saturated heterocycles. The Hall–Kier alpha value is -1.25. The van der Waals surface area contributed by atoms with E-state index in [-0.39, 0.29) is 24.1 Å². The number of ether oxygens (including phenoxy) is 3. The number of carbonyl (C=O) groups excluding carboxylic acids is 1. The number of allylic oxidation sites excluding steroid dienone is 3. The molecular formula is C44H74O7. The van der Waals surface area contributed by atoms with E-state index in [2.05, 4.69) is 66.7 Å². The first-order valence-corrected chi connectivity index (χ1v) is 21.2. The lowest BCUT2D eigenvalue weighted by Gasteiger charge is -2.58. The fraction of sp³-hybridized carbons (Fsp3) is 0.886. The van der Waals surface area contributed by atoms with Gasteiger partial charge in [-0.05, 0) is 110 Å². The third kappa shape index (κ3) is 9.18. The molecule has 0 radical (unpaired) electrons. The van der Waals surface area contributed by atoms with E-state index in [1.54, 1.807) is 0 Å². The predicted molar refractivity (Wildman–Crippen MR) is 203 cm³/mol. The van der Waals surface area contributed by atoms with Gasteiger partial charge < -0.3 is 29.5 Å². The highest BCUT2D eigenvalue weighted by Crippen LogP contribution is 2.67. The number of aliphatic hydroxyl groups is 3. The Bertz CT molecular complexity index is 1180. The SMILES string of the molecule is CCCCCCCCCC(=O)OCC1OC(OC2CCC3(C)C(=CCC4C3CCC3(C)C(C(C)/C=C/C(C)C(C)C)CCC43)C2)C(O)C(O)C1O. The molecule has 14 unspecified atom stereocenters. The third-order valence-electron chi connectivity index (χ3n) is 14.9. The summed E-state index contributed by atoms with van der Waals surface area (Å²) in [5.74, 6) is 4.56. The number of fused-ring (bicyclic) bond motifs is 5. The van der Waals surface area contributed by atoms with Gasteiger partial charge in [0.25, 0.3) is 0 Å². The van der Waals surface area contributed by atoms with Crippen LogP contribution in [0.1, 0.15) is 151 Å². The zero-order valence-electron chi connectivity index (χ0n) is 33.2. The molecule has 14 atom stereocenters. The van der Waals surface area contributed by atoms with Crippen molar-refractivity contribution in [2.24, 2.45) is 52.3 Å². The standard InChI is InChI=1S/C44H74O7/c1-8-9-10-11-12-13-14-15-38(45)49-27-37-39(46)40(47)41(48)42(51-37)50-32-22-24-43(6)31(26-32)18-19-33-35-21-20-34(44(35,7)25-23-36(33)43)30(5)17-16-29(4)28(2)3/h16-18,28-30,32-37,39-42,46-48H,8-15,19-27H2,1-7H3/b17-16+. The zero-order chi connectivity index (χ0) is 36.9. The van der Waals surface area contributed by atoms with Crippen LogP contribution >= 0.6 is 0 Å². The molecule has 0 amide bonds. The van der Waals surface area contributed by atoms with Gasteiger partial charge in [-0.3, -0.25) is 4.79 Å². The fourth-order valence-electron chi connectivity index (χ4n) is 11.2. The molecule has 0 bridgehead atoms. The molecule has 5 rings (SSSR count). The van der Waals surface area contributed by atoms with Crippen molar-refractivity contribution in [3.05, 3.63) is 23.8 Å². The Morgan fingerprint density at radius 1 is 0.902 bits per heavy atom. The second-order valence-electron chi connectivity index (χ2n) is 18.4. The van der Waals surface area contributed by atoms with E-state index in [9.17, 15) is 20.1 Å². The third-order valence-corrected chi connectivity index (χ3v) is 14.9. The summed E-state index contributed by atoms with van der Waals surface area (Å²) in [5.41, 5.74) is 2.06. The van der Waals surface area contributed by atoms with Crippen LogP contribution < -0.4 is 0 Å². The lowest BCUT2D eigenvalue weighted by molar-refractivity contribution is -0.313. The molecule has 5 aliphatic rings. The molecule has 4 fully saturated rings. The summed E-state index contributed by atoms with van der Waals surface area (Å²) >= 11 is 0. The highest BCUT2D eigenvalue weighted by atomic mass is 16.7. The first kappa shape index (κ1) is 40.9. The maximum Gasteiger partial charge on any atom is 0.305 e. The normalized spacial score (nSPS) is 40.7. The number of aliphatic hydroxyl groups excluding tert-OH is 3. The lowest BCUT2D eigenvalue weighted by Crippen LogP contribution is -2.60. The largest absolute Gasteiger partial charge is 0.463 e. The van der Waals surface area contributed by atoms with Gasteiger partial charge in [-0.15, -0.1) is 0 Å². The average molecular weight is 715 g/mol. The highest BCUT2D eigenvalue weighted by molar-refractivity contribution is 5.69. The van der Waals surface area contributed by atoms with Gasteiger partial charge in [0.05, 0.1) is 6.10 Å². The van der Waals surface area contributed by atoms with Crippen LogP contribution in [0, 0.1) is 52.3 Å². The van der Waals surface area contributed by atoms with Crippen LogP contribution in [0.2, 0.25) is 0 Å². The lowest BCUT2D eigenvalue weighted by atomic mass is 9.47. The maximum atomic E-state index is 12.4. The summed E-state index contributed by atoms with van der Waals surface area (Å²) in [5, 5.41) is 32.2. The van der Waals surface area contributed by atoms with Crippen molar-refractivity contribution in [3.8, 4) is 0 Å². The minimum Gasteiger partial charge on any atom is -0.463 e. The van der Waals surface area contributed by atoms with E-state index < -0.39 is 30.7 Å². The number of hydrogen-bond acceptors (Lipinski definition) is 7. The molecule has 3 saturated carbocycles. The molecule has 7 nitrogen and oxygen atoms in total. The van der Waals surface area contributed by atoms with Gasteiger partial charge >= 0.3 is 5.97 Å². The Morgan fingerprint density at radius 3 is 2.35 bits per heavy atom. The minimum atomic E-state index is -1.44. The van der Waals surface area contributed by atoms with E-state index in [1.165, 1.54) is 56.9 Å². The Kier molecular flexibility index (Phi) is 14.4. The molecule has 1 heterocycles. The highest BCUT2D eigenvalue weighted by Gasteiger charge is 2.59. The number of esters is 1. The molecule has 3 N–H and O–H groups in total. The van der Waals surface area contributed by atoms with Crippen LogP contribution in [0.4, 0.5) is 0 Å². The Labute approximate surface area is 310 Å². The molecule has 4 aliphatic carbocycles. The first-order valence-electron chi connectivity index (χ1n) is 21.2. The molecule has 0 aromatic heterocycles. The van der Waals surface area contributed by atoms with E-state index in [0.29, 0.717) is 35.5 Å². The summed E-state index contributed by atoms with van der Waals surface area (Å²) in [4.78, 5) is 12.4. The molecule has 7 heteroatoms. The van der Waals surface area contributed by atoms with Gasteiger partial charge in [-0.1, -0.05) is 111 Å². The summed E-state index contributed by atoms with van der Waals surface area (Å²) in [7, 11) is 0. The average Bonchev–Trinajstić information content (AvgIpc) is 3.47. The number of rotatable bonds is 16. The van der Waals surface area contributed by atoms with Crippen LogP contribution in [0.3, 0.4) is 0 Å². The van der Waals surface area contributed by atoms with Crippen LogP contribution in [-0.4, -0.2) is 64.7 Å². The van der Waals surface area contributed by atoms with E-state index in [0.717, 1.165) is 62.7 Å². The minimum absolute atomic E-state index is 0.144. The number of unbranched alkanes of at least 4 members (excludes halogenated alkanes) is 6. The van der Waals surface area contributed by atoms with Crippen molar-refractivity contribution in [2.45, 2.75) is 188 Å². The van der Waals surface area contributed by atoms with E-state index in [1.807, 2.05) is 0 Å². The molecule has 0 aromatic rings. The quantitative estimate of drug-likeness (QED) is 0.0833. The molecular weight excluding hydrogens is 640 g/mol. The van der Waals surface area contributed by atoms with E-state index in [4.69, 9.17) is 14.2 Å². The summed E-state index contributed by atoms with van der Waals surface area (Å²) in [6, 6.07) is 0. The van der Waals surface area contributed by atoms with Crippen LogP contribution in [0.25, 0.3) is 0 Å². The number of hydrogen-bond donors (Lipinski definition) is 3. The smallest absolute Gasteiger partial charge is 0.305 e. The van der Waals surface area contributed by atoms with Gasteiger partial charge in [0.1, 0.15) is 31.0 Å². The maximum absolute atomic E-state index is 12.4. The van der Waals surface area contributed by atoms with Crippen molar-refractivity contribution < 1.29 is 34.3 Å². The topological polar surface area (TPSA) is 105 Å². The zero-order valence-corrected chi connectivity index (χ0v) is 33.2. The van der Waals surface area contributed by atoms with Crippen molar-refractivity contribution >= 4 is 5.97 Å². The Balaban J connectivity index is 1.14. The second kappa shape index (κ2) is 17.9. The van der Waals surface area contributed by atoms with Gasteiger partial charge in [0.15, 0.2) is 6.29 Å². The first-order chi connectivity index (χ1) is 24.3. The second-order valence-corrected chi connectivity index (χ2v) is 18.4. The van der Waals surface area contributed by atoms with Gasteiger partial charge in [0.2, 0.25) is 0 Å². The van der Waals surface area contributed by atoms with Crippen LogP contribution in [-0.2, 0) is 19.0 Å². The predicted octanol–water partition coefficient (Wildman–Crippen LogP) is 8.93. The molecule has 0 aromatic carbocycles. The monoisotopic (exact) mass is 715 g/mol. The van der Waals surface area contributed by atoms with Gasteiger partial charge in [-0.25, -0.2) is 0 Å². The van der Waals surface area contributed by atoms with Crippen molar-refractivity contribution in [3.63, 3.8) is 0 Å². The summed E-state index contributed by atoms with van der Waals surface area (Å²) < 4.78 is 17.9. The molecule has 1 aliphatic heterocycles. The molecule has 0 spiro atoms. The summed E-state index contributed by atoms with van der Waals surface area (Å²) in [6.45, 7) is 16.6. The Morgan fingerprint density at radius 2 is 1.63 bits per heavy atom. The van der Waals surface area contributed by atoms with Crippen molar-refractivity contribution in [1.82, 2.24) is 0 Å². The number of carbonyl (C=O) groups is 1. The van der Waals surface area contributed by atoms with Crippen LogP contribution in [0.5, 0.6) is 0 Å². The van der Waals surface area contributed by atoms with Gasteiger partial charge in [-0.2, -0.15) is 0 Å². The van der Waals surface area contributed by atoms with Crippen LogP contribution in [0.15, 0.2) is 23.8 Å². The fourth-order valence-corrected chi connectivity index (χ4v) is 11.2.